The normalized spacial score (nSPS) is 14.4. The molecule has 1 N–H and O–H groups in total. The lowest BCUT2D eigenvalue weighted by atomic mass is 10.0. The van der Waals surface area contributed by atoms with Crippen LogP contribution in [0.25, 0.3) is 0 Å². The van der Waals surface area contributed by atoms with Crippen molar-refractivity contribution in [3.63, 3.8) is 0 Å². The molecule has 6 nitrogen and oxygen atoms in total. The first-order valence-corrected chi connectivity index (χ1v) is 6.12. The Labute approximate surface area is 105 Å². The number of carbonyl (C=O) groups excluding carboxylic acids is 1. The molecule has 1 aliphatic rings. The number of carbonyl (C=O) groups is 2. The Bertz CT molecular complexity index is 467. The van der Waals surface area contributed by atoms with E-state index < -0.39 is 5.97 Å². The molecule has 1 aromatic heterocycles. The number of aromatic nitrogens is 1. The first-order chi connectivity index (χ1) is 8.63. The predicted molar refractivity (Wildman–Crippen MR) is 62.1 cm³/mol. The molecular weight excluding hydrogens is 236 g/mol. The fourth-order valence-corrected chi connectivity index (χ4v) is 2.08. The minimum absolute atomic E-state index is 0.0695. The van der Waals surface area contributed by atoms with Crippen LogP contribution in [0.3, 0.4) is 0 Å². The number of carboxylic acid groups (broad SMARTS) is 1. The zero-order valence-corrected chi connectivity index (χ0v) is 10.3. The Morgan fingerprint density at radius 1 is 1.50 bits per heavy atom. The second-order valence-corrected chi connectivity index (χ2v) is 4.41. The molecule has 2 rings (SSSR count). The third-order valence-electron chi connectivity index (χ3n) is 3.13. The number of nitrogens with zero attached hydrogens (tertiary/aromatic N) is 2. The average molecular weight is 252 g/mol. The Morgan fingerprint density at radius 2 is 2.28 bits per heavy atom. The maximum atomic E-state index is 11.9. The van der Waals surface area contributed by atoms with Crippen LogP contribution in [0.4, 0.5) is 0 Å². The van der Waals surface area contributed by atoms with E-state index in [1.54, 1.807) is 4.90 Å². The summed E-state index contributed by atoms with van der Waals surface area (Å²) in [7, 11) is 0. The summed E-state index contributed by atoms with van der Waals surface area (Å²) in [5.74, 6) is -1.20. The van der Waals surface area contributed by atoms with E-state index in [0.29, 0.717) is 37.2 Å². The highest BCUT2D eigenvalue weighted by molar-refractivity contribution is 5.86. The van der Waals surface area contributed by atoms with Gasteiger partial charge in [-0.25, -0.2) is 4.79 Å². The summed E-state index contributed by atoms with van der Waals surface area (Å²) >= 11 is 0. The molecule has 18 heavy (non-hydrogen) atoms. The summed E-state index contributed by atoms with van der Waals surface area (Å²) in [6, 6.07) is 0. The van der Waals surface area contributed by atoms with E-state index in [0.717, 1.165) is 12.8 Å². The van der Waals surface area contributed by atoms with Crippen LogP contribution >= 0.6 is 0 Å². The van der Waals surface area contributed by atoms with Crippen LogP contribution in [0, 0.1) is 0 Å². The summed E-state index contributed by atoms with van der Waals surface area (Å²) < 4.78 is 4.80. The van der Waals surface area contributed by atoms with E-state index in [4.69, 9.17) is 9.63 Å². The third-order valence-corrected chi connectivity index (χ3v) is 3.13. The van der Waals surface area contributed by atoms with Crippen LogP contribution in [0.2, 0.25) is 0 Å². The van der Waals surface area contributed by atoms with E-state index >= 15 is 0 Å². The molecule has 0 atom stereocenters. The molecule has 0 saturated heterocycles. The zero-order chi connectivity index (χ0) is 13.1. The topological polar surface area (TPSA) is 83.6 Å². The molecule has 98 valence electrons. The van der Waals surface area contributed by atoms with Gasteiger partial charge in [-0.1, -0.05) is 18.5 Å². The second kappa shape index (κ2) is 5.20. The van der Waals surface area contributed by atoms with Crippen LogP contribution < -0.4 is 0 Å². The number of carboxylic acids is 1. The van der Waals surface area contributed by atoms with Crippen molar-refractivity contribution in [2.75, 3.05) is 6.54 Å². The van der Waals surface area contributed by atoms with Gasteiger partial charge in [0.25, 0.3) is 0 Å². The SMILES string of the molecule is CCCCC(=O)N1CCc2noc(C(=O)O)c2C1. The highest BCUT2D eigenvalue weighted by Crippen LogP contribution is 2.22. The molecule has 2 heterocycles. The van der Waals surface area contributed by atoms with Crippen molar-refractivity contribution in [1.82, 2.24) is 10.1 Å². The van der Waals surface area contributed by atoms with E-state index in [1.807, 2.05) is 6.92 Å². The molecule has 0 aliphatic carbocycles. The van der Waals surface area contributed by atoms with Crippen molar-refractivity contribution in [1.29, 1.82) is 0 Å². The van der Waals surface area contributed by atoms with Gasteiger partial charge in [-0.05, 0) is 6.42 Å². The molecule has 0 fully saturated rings. The smallest absolute Gasteiger partial charge is 0.375 e. The number of unbranched alkanes of at least 4 members (excludes halogenated alkanes) is 1. The van der Waals surface area contributed by atoms with Gasteiger partial charge in [-0.2, -0.15) is 0 Å². The van der Waals surface area contributed by atoms with E-state index in [1.165, 1.54) is 0 Å². The minimum Gasteiger partial charge on any atom is -0.475 e. The van der Waals surface area contributed by atoms with Crippen LogP contribution in [-0.2, 0) is 17.8 Å². The number of amides is 1. The molecule has 0 radical (unpaired) electrons. The molecule has 1 aliphatic heterocycles. The highest BCUT2D eigenvalue weighted by Gasteiger charge is 2.29. The lowest BCUT2D eigenvalue weighted by Crippen LogP contribution is -2.36. The van der Waals surface area contributed by atoms with Crippen LogP contribution in [-0.4, -0.2) is 33.6 Å². The molecule has 1 aromatic rings. The minimum atomic E-state index is -1.13. The van der Waals surface area contributed by atoms with Gasteiger partial charge >= 0.3 is 5.97 Å². The van der Waals surface area contributed by atoms with Crippen LogP contribution in [0.5, 0.6) is 0 Å². The Kier molecular flexibility index (Phi) is 3.64. The zero-order valence-electron chi connectivity index (χ0n) is 10.3. The van der Waals surface area contributed by atoms with E-state index in [9.17, 15) is 9.59 Å². The molecular formula is C12H16N2O4. The van der Waals surface area contributed by atoms with Crippen LogP contribution in [0.1, 0.15) is 48.0 Å². The van der Waals surface area contributed by atoms with Crippen molar-refractivity contribution < 1.29 is 19.2 Å². The molecule has 0 unspecified atom stereocenters. The van der Waals surface area contributed by atoms with Gasteiger partial charge < -0.3 is 14.5 Å². The average Bonchev–Trinajstić information content (AvgIpc) is 2.78. The Morgan fingerprint density at radius 3 is 2.94 bits per heavy atom. The summed E-state index contributed by atoms with van der Waals surface area (Å²) in [5, 5.41) is 12.7. The van der Waals surface area contributed by atoms with Gasteiger partial charge in [0.1, 0.15) is 0 Å². The van der Waals surface area contributed by atoms with Crippen molar-refractivity contribution in [2.24, 2.45) is 0 Å². The Hall–Kier alpha value is -1.85. The Balaban J connectivity index is 2.11. The maximum Gasteiger partial charge on any atom is 0.375 e. The van der Waals surface area contributed by atoms with Crippen LogP contribution in [0.15, 0.2) is 4.52 Å². The molecule has 0 bridgehead atoms. The summed E-state index contributed by atoms with van der Waals surface area (Å²) in [4.78, 5) is 24.5. The maximum absolute atomic E-state index is 11.9. The largest absolute Gasteiger partial charge is 0.475 e. The lowest BCUT2D eigenvalue weighted by Gasteiger charge is -2.26. The van der Waals surface area contributed by atoms with E-state index in [2.05, 4.69) is 5.16 Å². The van der Waals surface area contributed by atoms with Gasteiger partial charge in [-0.3, -0.25) is 4.79 Å². The predicted octanol–water partition coefficient (Wildman–Crippen LogP) is 1.45. The van der Waals surface area contributed by atoms with Gasteiger partial charge in [0, 0.05) is 24.9 Å². The van der Waals surface area contributed by atoms with Crippen molar-refractivity contribution in [3.8, 4) is 0 Å². The molecule has 6 heteroatoms. The molecule has 0 saturated carbocycles. The van der Waals surface area contributed by atoms with Crippen molar-refractivity contribution in [3.05, 3.63) is 17.0 Å². The molecule has 0 aromatic carbocycles. The molecule has 1 amide bonds. The highest BCUT2D eigenvalue weighted by atomic mass is 16.5. The van der Waals surface area contributed by atoms with Gasteiger partial charge in [0.15, 0.2) is 0 Å². The van der Waals surface area contributed by atoms with Gasteiger partial charge in [0.2, 0.25) is 11.7 Å². The number of rotatable bonds is 4. The fourth-order valence-electron chi connectivity index (χ4n) is 2.08. The summed E-state index contributed by atoms with van der Waals surface area (Å²) in [6.07, 6.45) is 2.90. The number of hydrogen-bond donors (Lipinski definition) is 1. The first-order valence-electron chi connectivity index (χ1n) is 6.12. The molecule has 0 spiro atoms. The summed E-state index contributed by atoms with van der Waals surface area (Å²) in [6.45, 7) is 2.91. The quantitative estimate of drug-likeness (QED) is 0.876. The van der Waals surface area contributed by atoms with Gasteiger partial charge in [-0.15, -0.1) is 0 Å². The third kappa shape index (κ3) is 2.37. The monoisotopic (exact) mass is 252 g/mol. The number of aromatic carboxylic acids is 1. The van der Waals surface area contributed by atoms with E-state index in [-0.39, 0.29) is 11.7 Å². The standard InChI is InChI=1S/C12H16N2O4/c1-2-3-4-10(15)14-6-5-9-8(7-14)11(12(16)17)18-13-9/h2-7H2,1H3,(H,16,17). The fraction of sp³-hybridized carbons (Fsp3) is 0.583. The first kappa shape index (κ1) is 12.6. The summed E-state index contributed by atoms with van der Waals surface area (Å²) in [5.41, 5.74) is 1.20. The van der Waals surface area contributed by atoms with Crippen molar-refractivity contribution >= 4 is 11.9 Å². The second-order valence-electron chi connectivity index (χ2n) is 4.41. The van der Waals surface area contributed by atoms with Crippen molar-refractivity contribution in [2.45, 2.75) is 39.2 Å². The van der Waals surface area contributed by atoms with Gasteiger partial charge in [0.05, 0.1) is 12.2 Å². The number of hydrogen-bond acceptors (Lipinski definition) is 4. The lowest BCUT2D eigenvalue weighted by molar-refractivity contribution is -0.132. The number of fused-ring (bicyclic) bond motifs is 1.